The highest BCUT2D eigenvalue weighted by Gasteiger charge is 2.26. The van der Waals surface area contributed by atoms with Crippen molar-refractivity contribution in [3.8, 4) is 0 Å². The van der Waals surface area contributed by atoms with E-state index < -0.39 is 0 Å². The van der Waals surface area contributed by atoms with Gasteiger partial charge in [0, 0.05) is 6.04 Å². The van der Waals surface area contributed by atoms with E-state index in [2.05, 4.69) is 43.4 Å². The molecule has 1 aromatic carbocycles. The van der Waals surface area contributed by atoms with Crippen LogP contribution in [0.25, 0.3) is 0 Å². The predicted molar refractivity (Wildman–Crippen MR) is 65.0 cm³/mol. The lowest BCUT2D eigenvalue weighted by Gasteiger charge is -2.33. The number of nitrogens with one attached hydrogen (secondary N) is 1. The summed E-state index contributed by atoms with van der Waals surface area (Å²) in [6, 6.07) is 9.50. The van der Waals surface area contributed by atoms with Gasteiger partial charge in [-0.15, -0.1) is 0 Å². The predicted octanol–water partition coefficient (Wildman–Crippen LogP) is 3.31. The molecule has 0 bridgehead atoms. The molecule has 1 aromatic rings. The average Bonchev–Trinajstić information content (AvgIpc) is 2.30. The fourth-order valence-electron chi connectivity index (χ4n) is 2.76. The molecule has 15 heavy (non-hydrogen) atoms. The van der Waals surface area contributed by atoms with Crippen LogP contribution in [0, 0.1) is 5.92 Å². The van der Waals surface area contributed by atoms with Gasteiger partial charge in [0.25, 0.3) is 0 Å². The highest BCUT2D eigenvalue weighted by Crippen LogP contribution is 2.35. The minimum absolute atomic E-state index is 0.588. The lowest BCUT2D eigenvalue weighted by atomic mass is 9.78. The van der Waals surface area contributed by atoms with Crippen molar-refractivity contribution < 1.29 is 0 Å². The van der Waals surface area contributed by atoms with Crippen LogP contribution in [0.3, 0.4) is 0 Å². The van der Waals surface area contributed by atoms with Crippen molar-refractivity contribution >= 4 is 0 Å². The van der Waals surface area contributed by atoms with Gasteiger partial charge in [-0.3, -0.25) is 0 Å². The Morgan fingerprint density at radius 2 is 2.07 bits per heavy atom. The highest BCUT2D eigenvalue weighted by molar-refractivity contribution is 5.32. The van der Waals surface area contributed by atoms with Crippen LogP contribution >= 0.6 is 0 Å². The molecule has 2 atom stereocenters. The Morgan fingerprint density at radius 3 is 2.80 bits per heavy atom. The molecule has 0 heterocycles. The van der Waals surface area contributed by atoms with E-state index in [9.17, 15) is 0 Å². The molecule has 82 valence electrons. The molecule has 1 aliphatic rings. The monoisotopic (exact) mass is 203 g/mol. The zero-order chi connectivity index (χ0) is 10.7. The number of hydrogen-bond acceptors (Lipinski definition) is 1. The van der Waals surface area contributed by atoms with Gasteiger partial charge >= 0.3 is 0 Å². The van der Waals surface area contributed by atoms with Crippen LogP contribution in [0.1, 0.15) is 43.9 Å². The molecule has 0 aliphatic heterocycles. The Hall–Kier alpha value is -0.820. The van der Waals surface area contributed by atoms with Crippen LogP contribution in [-0.2, 0) is 6.42 Å². The van der Waals surface area contributed by atoms with Crippen LogP contribution in [-0.4, -0.2) is 6.54 Å². The molecule has 0 saturated heterocycles. The maximum Gasteiger partial charge on any atom is 0.0351 e. The largest absolute Gasteiger partial charge is 0.310 e. The summed E-state index contributed by atoms with van der Waals surface area (Å²) in [6.07, 6.45) is 3.88. The van der Waals surface area contributed by atoms with Crippen molar-refractivity contribution in [2.75, 3.05) is 6.54 Å². The molecule has 2 unspecified atom stereocenters. The first-order valence-corrected chi connectivity index (χ1v) is 6.18. The highest BCUT2D eigenvalue weighted by atomic mass is 14.9. The summed E-state index contributed by atoms with van der Waals surface area (Å²) in [7, 11) is 0. The number of hydrogen-bond donors (Lipinski definition) is 1. The average molecular weight is 203 g/mol. The van der Waals surface area contributed by atoms with Crippen LogP contribution in [0.5, 0.6) is 0 Å². The molecule has 0 amide bonds. The summed E-state index contributed by atoms with van der Waals surface area (Å²) in [4.78, 5) is 0. The first-order valence-electron chi connectivity index (χ1n) is 6.18. The molecule has 0 saturated carbocycles. The second-order valence-corrected chi connectivity index (χ2v) is 4.44. The van der Waals surface area contributed by atoms with Crippen LogP contribution in [0.15, 0.2) is 24.3 Å². The number of fused-ring (bicyclic) bond motifs is 1. The first kappa shape index (κ1) is 10.7. The van der Waals surface area contributed by atoms with Crippen LogP contribution < -0.4 is 5.32 Å². The molecule has 1 aliphatic carbocycles. The van der Waals surface area contributed by atoms with Crippen molar-refractivity contribution in [1.29, 1.82) is 0 Å². The van der Waals surface area contributed by atoms with E-state index in [1.807, 2.05) is 0 Å². The standard InChI is InChI=1S/C14H21N/c1-3-11-9-10-12-7-5-6-8-13(12)14(11)15-4-2/h5-8,11,14-15H,3-4,9-10H2,1-2H3. The molecular weight excluding hydrogens is 182 g/mol. The van der Waals surface area contributed by atoms with Gasteiger partial charge in [0.1, 0.15) is 0 Å². The van der Waals surface area contributed by atoms with Crippen molar-refractivity contribution in [3.05, 3.63) is 35.4 Å². The van der Waals surface area contributed by atoms with E-state index in [4.69, 9.17) is 0 Å². The Morgan fingerprint density at radius 1 is 1.27 bits per heavy atom. The molecule has 2 rings (SSSR count). The molecular formula is C14H21N. The fourth-order valence-corrected chi connectivity index (χ4v) is 2.76. The van der Waals surface area contributed by atoms with E-state index in [0.29, 0.717) is 6.04 Å². The van der Waals surface area contributed by atoms with Crippen molar-refractivity contribution in [1.82, 2.24) is 5.32 Å². The normalized spacial score (nSPS) is 24.9. The van der Waals surface area contributed by atoms with E-state index in [-0.39, 0.29) is 0 Å². The summed E-state index contributed by atoms with van der Waals surface area (Å²) in [5.41, 5.74) is 3.09. The first-order chi connectivity index (χ1) is 7.36. The van der Waals surface area contributed by atoms with Crippen molar-refractivity contribution in [3.63, 3.8) is 0 Å². The van der Waals surface area contributed by atoms with E-state index >= 15 is 0 Å². The van der Waals surface area contributed by atoms with Gasteiger partial charge in [0.2, 0.25) is 0 Å². The zero-order valence-corrected chi connectivity index (χ0v) is 9.79. The van der Waals surface area contributed by atoms with Gasteiger partial charge in [-0.1, -0.05) is 44.5 Å². The Bertz CT molecular complexity index is 319. The van der Waals surface area contributed by atoms with Crippen LogP contribution in [0.2, 0.25) is 0 Å². The molecule has 0 radical (unpaired) electrons. The molecule has 1 heteroatoms. The van der Waals surface area contributed by atoms with Gasteiger partial charge in [-0.25, -0.2) is 0 Å². The van der Waals surface area contributed by atoms with Crippen molar-refractivity contribution in [2.45, 2.75) is 39.2 Å². The quantitative estimate of drug-likeness (QED) is 0.794. The molecule has 1 nitrogen and oxygen atoms in total. The Kier molecular flexibility index (Phi) is 3.42. The number of rotatable bonds is 3. The lowest BCUT2D eigenvalue weighted by Crippen LogP contribution is -2.32. The minimum atomic E-state index is 0.588. The fraction of sp³-hybridized carbons (Fsp3) is 0.571. The Balaban J connectivity index is 2.29. The Labute approximate surface area is 92.9 Å². The van der Waals surface area contributed by atoms with E-state index in [1.165, 1.54) is 24.8 Å². The second-order valence-electron chi connectivity index (χ2n) is 4.44. The molecule has 0 fully saturated rings. The molecule has 0 aromatic heterocycles. The van der Waals surface area contributed by atoms with Gasteiger partial charge in [-0.05, 0) is 36.4 Å². The van der Waals surface area contributed by atoms with Gasteiger partial charge in [0.15, 0.2) is 0 Å². The molecule has 0 spiro atoms. The SMILES string of the molecule is CCNC1c2ccccc2CCC1CC. The molecule has 1 N–H and O–H groups in total. The third-order valence-corrected chi connectivity index (χ3v) is 3.59. The minimum Gasteiger partial charge on any atom is -0.310 e. The maximum absolute atomic E-state index is 3.64. The third-order valence-electron chi connectivity index (χ3n) is 3.59. The summed E-state index contributed by atoms with van der Waals surface area (Å²) in [5, 5.41) is 3.64. The van der Waals surface area contributed by atoms with Gasteiger partial charge in [-0.2, -0.15) is 0 Å². The summed E-state index contributed by atoms with van der Waals surface area (Å²) in [6.45, 7) is 5.57. The van der Waals surface area contributed by atoms with E-state index in [1.54, 1.807) is 5.56 Å². The lowest BCUT2D eigenvalue weighted by molar-refractivity contribution is 0.316. The van der Waals surface area contributed by atoms with Crippen LogP contribution in [0.4, 0.5) is 0 Å². The smallest absolute Gasteiger partial charge is 0.0351 e. The summed E-state index contributed by atoms with van der Waals surface area (Å²) < 4.78 is 0. The number of aryl methyl sites for hydroxylation is 1. The summed E-state index contributed by atoms with van der Waals surface area (Å²) >= 11 is 0. The maximum atomic E-state index is 3.64. The topological polar surface area (TPSA) is 12.0 Å². The van der Waals surface area contributed by atoms with Gasteiger partial charge < -0.3 is 5.32 Å². The summed E-state index contributed by atoms with van der Waals surface area (Å²) in [5.74, 6) is 0.819. The van der Waals surface area contributed by atoms with Crippen molar-refractivity contribution in [2.24, 2.45) is 5.92 Å². The second kappa shape index (κ2) is 4.80. The zero-order valence-electron chi connectivity index (χ0n) is 9.79. The number of benzene rings is 1. The van der Waals surface area contributed by atoms with Gasteiger partial charge in [0.05, 0.1) is 0 Å². The third kappa shape index (κ3) is 2.07. The van der Waals surface area contributed by atoms with E-state index in [0.717, 1.165) is 12.5 Å².